The predicted octanol–water partition coefficient (Wildman–Crippen LogP) is 4.42. The molecule has 5 heteroatoms. The van der Waals surface area contributed by atoms with Gasteiger partial charge in [-0.15, -0.1) is 6.58 Å². The molecule has 0 bridgehead atoms. The third kappa shape index (κ3) is 5.22. The molecule has 5 nitrogen and oxygen atoms in total. The van der Waals surface area contributed by atoms with E-state index in [9.17, 15) is 4.79 Å². The van der Waals surface area contributed by atoms with Crippen LogP contribution in [0.1, 0.15) is 55.2 Å². The highest BCUT2D eigenvalue weighted by Gasteiger charge is 2.34. The van der Waals surface area contributed by atoms with Crippen molar-refractivity contribution in [3.05, 3.63) is 77.9 Å². The van der Waals surface area contributed by atoms with E-state index in [0.717, 1.165) is 30.9 Å². The summed E-state index contributed by atoms with van der Waals surface area (Å²) < 4.78 is 0. The van der Waals surface area contributed by atoms with Crippen LogP contribution in [0.5, 0.6) is 0 Å². The number of nitrogens with two attached hydrogens (primary N) is 1. The average molecular weight is 435 g/mol. The van der Waals surface area contributed by atoms with Crippen LogP contribution in [-0.4, -0.2) is 65.4 Å². The maximum Gasteiger partial charge on any atom is 0.253 e. The van der Waals surface area contributed by atoms with Gasteiger partial charge in [0.2, 0.25) is 0 Å². The van der Waals surface area contributed by atoms with E-state index in [2.05, 4.69) is 54.5 Å². The summed E-state index contributed by atoms with van der Waals surface area (Å²) in [4.78, 5) is 19.7. The van der Waals surface area contributed by atoms with Crippen LogP contribution in [0.15, 0.2) is 61.2 Å². The van der Waals surface area contributed by atoms with Gasteiger partial charge in [-0.2, -0.15) is 0 Å². The molecule has 32 heavy (non-hydrogen) atoms. The number of benzene rings is 2. The Kier molecular flexibility index (Phi) is 8.10. The highest BCUT2D eigenvalue weighted by atomic mass is 16.2. The van der Waals surface area contributed by atoms with Gasteiger partial charge in [0.05, 0.1) is 6.04 Å². The summed E-state index contributed by atoms with van der Waals surface area (Å²) in [7, 11) is 0. The molecule has 0 unspecified atom stereocenters. The highest BCUT2D eigenvalue weighted by molar-refractivity contribution is 5.94. The number of nitrogens with zero attached hydrogens (tertiary/aromatic N) is 3. The summed E-state index contributed by atoms with van der Waals surface area (Å²) in [6.07, 6.45) is 1.99. The zero-order chi connectivity index (χ0) is 23.3. The zero-order valence-electron chi connectivity index (χ0n) is 20.0. The van der Waals surface area contributed by atoms with Crippen molar-refractivity contribution in [3.63, 3.8) is 0 Å². The van der Waals surface area contributed by atoms with Gasteiger partial charge in [-0.3, -0.25) is 14.6 Å². The number of carbonyl (C=O) groups is 1. The van der Waals surface area contributed by atoms with Crippen molar-refractivity contribution in [2.24, 2.45) is 0 Å². The van der Waals surface area contributed by atoms with Crippen molar-refractivity contribution in [1.82, 2.24) is 14.7 Å². The molecule has 1 amide bonds. The van der Waals surface area contributed by atoms with Crippen LogP contribution >= 0.6 is 0 Å². The molecule has 1 aliphatic heterocycles. The van der Waals surface area contributed by atoms with Crippen LogP contribution in [0.25, 0.3) is 0 Å². The van der Waals surface area contributed by atoms with E-state index in [4.69, 9.17) is 5.73 Å². The van der Waals surface area contributed by atoms with Gasteiger partial charge in [-0.25, -0.2) is 0 Å². The topological polar surface area (TPSA) is 52.8 Å². The van der Waals surface area contributed by atoms with Crippen LogP contribution in [-0.2, 0) is 0 Å². The van der Waals surface area contributed by atoms with E-state index in [1.807, 2.05) is 49.1 Å². The summed E-state index contributed by atoms with van der Waals surface area (Å²) in [6, 6.07) is 17.2. The van der Waals surface area contributed by atoms with Gasteiger partial charge in [0.1, 0.15) is 0 Å². The fraction of sp³-hybridized carbons (Fsp3) is 0.444. The summed E-state index contributed by atoms with van der Waals surface area (Å²) >= 11 is 0. The van der Waals surface area contributed by atoms with Gasteiger partial charge >= 0.3 is 0 Å². The monoisotopic (exact) mass is 434 g/mol. The first-order chi connectivity index (χ1) is 15.4. The van der Waals surface area contributed by atoms with Crippen molar-refractivity contribution in [3.8, 4) is 0 Å². The molecule has 1 saturated heterocycles. The minimum absolute atomic E-state index is 0.0828. The smallest absolute Gasteiger partial charge is 0.253 e. The van der Waals surface area contributed by atoms with Gasteiger partial charge < -0.3 is 10.6 Å². The summed E-state index contributed by atoms with van der Waals surface area (Å²) in [5.74, 6) is 0.0853. The number of hydrogen-bond acceptors (Lipinski definition) is 4. The fourth-order valence-electron chi connectivity index (χ4n) is 4.81. The normalized spacial score (nSPS) is 20.6. The molecule has 1 aliphatic rings. The number of amides is 1. The van der Waals surface area contributed by atoms with Crippen molar-refractivity contribution >= 4 is 11.6 Å². The van der Waals surface area contributed by atoms with Crippen molar-refractivity contribution in [2.45, 2.75) is 45.8 Å². The Morgan fingerprint density at radius 1 is 1.09 bits per heavy atom. The minimum atomic E-state index is 0.0828. The Morgan fingerprint density at radius 3 is 2.38 bits per heavy atom. The van der Waals surface area contributed by atoms with Crippen LogP contribution in [0.2, 0.25) is 0 Å². The standard InChI is InChI=1S/C27H38N4O/c1-6-16-30-18-21(5)31(19-20(30)4)26(24-10-9-11-25(28)17-24)22-12-14-23(15-13-22)27(32)29(7-2)8-3/h6,9-15,17,20-21,26H,1,7-8,16,18-19,28H2,2-5H3/t20-,21+,26+/m0/s1. The molecule has 0 aromatic heterocycles. The second-order valence-corrected chi connectivity index (χ2v) is 8.81. The Labute approximate surface area is 193 Å². The Balaban J connectivity index is 1.96. The molecule has 0 aliphatic carbocycles. The largest absolute Gasteiger partial charge is 0.399 e. The number of carbonyl (C=O) groups excluding carboxylic acids is 1. The van der Waals surface area contributed by atoms with E-state index < -0.39 is 0 Å². The Hall–Kier alpha value is -2.63. The maximum absolute atomic E-state index is 12.8. The van der Waals surface area contributed by atoms with Gasteiger partial charge in [0, 0.05) is 56.1 Å². The molecule has 2 aromatic carbocycles. The SMILES string of the molecule is C=CCN1C[C@@H](C)N([C@H](c2ccc(C(=O)N(CC)CC)cc2)c2cccc(N)c2)C[C@@H]1C. The molecule has 2 aromatic rings. The molecule has 1 fully saturated rings. The number of hydrogen-bond donors (Lipinski definition) is 1. The van der Waals surface area contributed by atoms with Crippen molar-refractivity contribution < 1.29 is 4.79 Å². The lowest BCUT2D eigenvalue weighted by Gasteiger charge is -2.47. The zero-order valence-corrected chi connectivity index (χ0v) is 20.0. The number of piperazine rings is 1. The van der Waals surface area contributed by atoms with Crippen molar-refractivity contribution in [2.75, 3.05) is 38.5 Å². The molecular weight excluding hydrogens is 396 g/mol. The van der Waals surface area contributed by atoms with E-state index >= 15 is 0 Å². The molecule has 0 saturated carbocycles. The average Bonchev–Trinajstić information content (AvgIpc) is 2.78. The summed E-state index contributed by atoms with van der Waals surface area (Å²) in [5, 5.41) is 0. The first-order valence-corrected chi connectivity index (χ1v) is 11.7. The molecule has 2 N–H and O–H groups in total. The van der Waals surface area contributed by atoms with E-state index in [-0.39, 0.29) is 11.9 Å². The molecule has 1 heterocycles. The first-order valence-electron chi connectivity index (χ1n) is 11.7. The molecule has 0 radical (unpaired) electrons. The van der Waals surface area contributed by atoms with Crippen LogP contribution in [0.3, 0.4) is 0 Å². The molecule has 3 rings (SSSR count). The minimum Gasteiger partial charge on any atom is -0.399 e. The van der Waals surface area contributed by atoms with Crippen molar-refractivity contribution in [1.29, 1.82) is 0 Å². The second kappa shape index (κ2) is 10.8. The molecule has 0 spiro atoms. The lowest BCUT2D eigenvalue weighted by molar-refractivity contribution is 0.0307. The number of anilines is 1. The predicted molar refractivity (Wildman–Crippen MR) is 134 cm³/mol. The van der Waals surface area contributed by atoms with E-state index in [0.29, 0.717) is 25.2 Å². The van der Waals surface area contributed by atoms with Gasteiger partial charge in [0.25, 0.3) is 5.91 Å². The van der Waals surface area contributed by atoms with Gasteiger partial charge in [-0.1, -0.05) is 30.3 Å². The Morgan fingerprint density at radius 2 is 1.78 bits per heavy atom. The second-order valence-electron chi connectivity index (χ2n) is 8.81. The molecule has 3 atom stereocenters. The number of rotatable bonds is 8. The highest BCUT2D eigenvalue weighted by Crippen LogP contribution is 2.34. The molecule has 172 valence electrons. The number of nitrogen functional groups attached to an aromatic ring is 1. The lowest BCUT2D eigenvalue weighted by atomic mass is 9.92. The first kappa shape index (κ1) is 24.0. The third-order valence-electron chi connectivity index (χ3n) is 6.61. The van der Waals surface area contributed by atoms with Gasteiger partial charge in [0.15, 0.2) is 0 Å². The summed E-state index contributed by atoms with van der Waals surface area (Å²) in [6.45, 7) is 16.8. The Bertz CT molecular complexity index is 906. The van der Waals surface area contributed by atoms with E-state index in [1.54, 1.807) is 0 Å². The van der Waals surface area contributed by atoms with Crippen LogP contribution in [0.4, 0.5) is 5.69 Å². The summed E-state index contributed by atoms with van der Waals surface area (Å²) in [5.41, 5.74) is 10.0. The van der Waals surface area contributed by atoms with Crippen LogP contribution in [0, 0.1) is 0 Å². The fourth-order valence-corrected chi connectivity index (χ4v) is 4.81. The van der Waals surface area contributed by atoms with Crippen LogP contribution < -0.4 is 5.73 Å². The third-order valence-corrected chi connectivity index (χ3v) is 6.61. The quantitative estimate of drug-likeness (QED) is 0.494. The lowest BCUT2D eigenvalue weighted by Crippen LogP contribution is -2.57. The van der Waals surface area contributed by atoms with E-state index in [1.165, 1.54) is 11.1 Å². The molecular formula is C27H38N4O. The maximum atomic E-state index is 12.8. The van der Waals surface area contributed by atoms with Gasteiger partial charge in [-0.05, 0) is 63.1 Å².